The Morgan fingerprint density at radius 2 is 2.04 bits per heavy atom. The second-order valence-corrected chi connectivity index (χ2v) is 6.98. The minimum absolute atomic E-state index is 0.208. The van der Waals surface area contributed by atoms with Crippen molar-refractivity contribution >= 4 is 0 Å². The fraction of sp³-hybridized carbons (Fsp3) is 0.400. The zero-order chi connectivity index (χ0) is 17.9. The minimum atomic E-state index is -0.246. The van der Waals surface area contributed by atoms with Gasteiger partial charge in [0.25, 0.3) is 0 Å². The van der Waals surface area contributed by atoms with Gasteiger partial charge in [0.2, 0.25) is 0 Å². The van der Waals surface area contributed by atoms with Gasteiger partial charge in [-0.05, 0) is 43.7 Å². The van der Waals surface area contributed by atoms with E-state index in [9.17, 15) is 4.39 Å². The molecule has 0 N–H and O–H groups in total. The number of nitrogens with zero attached hydrogens (tertiary/aromatic N) is 4. The molecule has 3 heterocycles. The Labute approximate surface area is 152 Å². The van der Waals surface area contributed by atoms with Gasteiger partial charge in [0.15, 0.2) is 5.76 Å². The van der Waals surface area contributed by atoms with Gasteiger partial charge in [-0.25, -0.2) is 4.39 Å². The van der Waals surface area contributed by atoms with Crippen molar-refractivity contribution in [2.24, 2.45) is 7.05 Å². The van der Waals surface area contributed by atoms with E-state index in [2.05, 4.69) is 21.4 Å². The molecule has 26 heavy (non-hydrogen) atoms. The van der Waals surface area contributed by atoms with Crippen molar-refractivity contribution < 1.29 is 8.91 Å². The van der Waals surface area contributed by atoms with Crippen LogP contribution in [0, 0.1) is 5.82 Å². The maximum atomic E-state index is 13.1. The molecular weight excluding hydrogens is 331 g/mol. The molecule has 1 aliphatic rings. The van der Waals surface area contributed by atoms with Crippen LogP contribution in [-0.2, 0) is 13.6 Å². The molecule has 0 bridgehead atoms. The zero-order valence-electron chi connectivity index (χ0n) is 14.9. The zero-order valence-corrected chi connectivity index (χ0v) is 14.9. The summed E-state index contributed by atoms with van der Waals surface area (Å²) < 4.78 is 20.7. The first-order valence-electron chi connectivity index (χ1n) is 9.13. The summed E-state index contributed by atoms with van der Waals surface area (Å²) in [5.41, 5.74) is 2.83. The lowest BCUT2D eigenvalue weighted by atomic mass is 10.1. The van der Waals surface area contributed by atoms with Crippen LogP contribution in [0.15, 0.2) is 47.2 Å². The predicted molar refractivity (Wildman–Crippen MR) is 96.7 cm³/mol. The van der Waals surface area contributed by atoms with Crippen molar-refractivity contribution in [2.75, 3.05) is 6.54 Å². The van der Waals surface area contributed by atoms with Crippen molar-refractivity contribution in [3.63, 3.8) is 0 Å². The Bertz CT molecular complexity index is 855. The molecule has 3 aromatic rings. The third-order valence-corrected chi connectivity index (χ3v) is 5.00. The van der Waals surface area contributed by atoms with E-state index < -0.39 is 0 Å². The van der Waals surface area contributed by atoms with E-state index in [0.717, 1.165) is 36.5 Å². The lowest BCUT2D eigenvalue weighted by molar-refractivity contribution is 0.160. The number of likely N-dealkylation sites (tertiary alicyclic amines) is 1. The number of hydrogen-bond donors (Lipinski definition) is 0. The normalized spacial score (nSPS) is 18.8. The van der Waals surface area contributed by atoms with Gasteiger partial charge in [-0.2, -0.15) is 5.10 Å². The Morgan fingerprint density at radius 3 is 2.81 bits per heavy atom. The van der Waals surface area contributed by atoms with Gasteiger partial charge in [-0.15, -0.1) is 0 Å². The number of benzene rings is 1. The van der Waals surface area contributed by atoms with Crippen molar-refractivity contribution in [1.82, 2.24) is 19.8 Å². The molecule has 1 fully saturated rings. The molecule has 0 spiro atoms. The maximum absolute atomic E-state index is 13.1. The molecule has 1 unspecified atom stereocenters. The monoisotopic (exact) mass is 354 g/mol. The fourth-order valence-corrected chi connectivity index (χ4v) is 3.67. The van der Waals surface area contributed by atoms with Crippen LogP contribution in [-0.4, -0.2) is 26.4 Å². The summed E-state index contributed by atoms with van der Waals surface area (Å²) in [6.07, 6.45) is 8.65. The summed E-state index contributed by atoms with van der Waals surface area (Å²) in [6.45, 7) is 1.89. The summed E-state index contributed by atoms with van der Waals surface area (Å²) in [7, 11) is 1.94. The van der Waals surface area contributed by atoms with E-state index in [0.29, 0.717) is 0 Å². The molecule has 136 valence electrons. The summed E-state index contributed by atoms with van der Waals surface area (Å²) in [6, 6.07) is 8.57. The molecule has 4 rings (SSSR count). The largest absolute Gasteiger partial charge is 0.359 e. The van der Waals surface area contributed by atoms with Gasteiger partial charge in [-0.3, -0.25) is 9.58 Å². The number of aryl methyl sites for hydroxylation is 1. The molecular formula is C20H23FN4O. The van der Waals surface area contributed by atoms with E-state index in [1.807, 2.05) is 24.0 Å². The molecule has 1 saturated heterocycles. The van der Waals surface area contributed by atoms with Crippen LogP contribution < -0.4 is 0 Å². The topological polar surface area (TPSA) is 47.1 Å². The first-order chi connectivity index (χ1) is 12.7. The lowest BCUT2D eigenvalue weighted by Gasteiger charge is -2.27. The summed E-state index contributed by atoms with van der Waals surface area (Å²) in [4.78, 5) is 2.46. The van der Waals surface area contributed by atoms with Gasteiger partial charge in [0.05, 0.1) is 12.2 Å². The minimum Gasteiger partial charge on any atom is -0.359 e. The van der Waals surface area contributed by atoms with Crippen LogP contribution in [0.1, 0.15) is 43.0 Å². The third kappa shape index (κ3) is 3.70. The van der Waals surface area contributed by atoms with Crippen LogP contribution in [0.2, 0.25) is 0 Å². The highest BCUT2D eigenvalue weighted by Gasteiger charge is 2.26. The molecule has 0 aliphatic carbocycles. The Balaban J connectivity index is 1.57. The summed E-state index contributed by atoms with van der Waals surface area (Å²) >= 11 is 0. The van der Waals surface area contributed by atoms with E-state index in [1.165, 1.54) is 37.0 Å². The van der Waals surface area contributed by atoms with E-state index >= 15 is 0 Å². The smallest absolute Gasteiger partial charge is 0.154 e. The highest BCUT2D eigenvalue weighted by atomic mass is 19.1. The van der Waals surface area contributed by atoms with E-state index in [1.54, 1.807) is 12.1 Å². The lowest BCUT2D eigenvalue weighted by Crippen LogP contribution is -2.27. The van der Waals surface area contributed by atoms with Gasteiger partial charge < -0.3 is 4.52 Å². The molecule has 5 nitrogen and oxygen atoms in total. The first-order valence-corrected chi connectivity index (χ1v) is 9.13. The Kier molecular flexibility index (Phi) is 4.84. The van der Waals surface area contributed by atoms with Gasteiger partial charge in [-0.1, -0.05) is 18.0 Å². The number of hydrogen-bond acceptors (Lipinski definition) is 4. The molecule has 1 aromatic carbocycles. The van der Waals surface area contributed by atoms with Crippen LogP contribution in [0.25, 0.3) is 11.3 Å². The van der Waals surface area contributed by atoms with Crippen LogP contribution in [0.3, 0.4) is 0 Å². The highest BCUT2D eigenvalue weighted by Crippen LogP contribution is 2.33. The molecule has 0 amide bonds. The summed E-state index contributed by atoms with van der Waals surface area (Å²) in [5, 5.41) is 8.50. The average molecular weight is 354 g/mol. The van der Waals surface area contributed by atoms with Gasteiger partial charge in [0.1, 0.15) is 11.5 Å². The van der Waals surface area contributed by atoms with E-state index in [4.69, 9.17) is 4.52 Å². The molecule has 2 aromatic heterocycles. The van der Waals surface area contributed by atoms with Crippen molar-refractivity contribution in [2.45, 2.75) is 38.3 Å². The maximum Gasteiger partial charge on any atom is 0.154 e. The van der Waals surface area contributed by atoms with Crippen LogP contribution in [0.5, 0.6) is 0 Å². The van der Waals surface area contributed by atoms with E-state index in [-0.39, 0.29) is 11.9 Å². The quantitative estimate of drug-likeness (QED) is 0.700. The first kappa shape index (κ1) is 17.0. The van der Waals surface area contributed by atoms with Crippen molar-refractivity contribution in [3.05, 3.63) is 59.9 Å². The number of aromatic nitrogens is 3. The predicted octanol–water partition coefficient (Wildman–Crippen LogP) is 4.33. The third-order valence-electron chi connectivity index (χ3n) is 5.00. The summed E-state index contributed by atoms with van der Waals surface area (Å²) in [5.74, 6) is 0.638. The van der Waals surface area contributed by atoms with Crippen molar-refractivity contribution in [1.29, 1.82) is 0 Å². The van der Waals surface area contributed by atoms with Crippen molar-refractivity contribution in [3.8, 4) is 11.3 Å². The number of rotatable bonds is 4. The number of halogens is 1. The fourth-order valence-electron chi connectivity index (χ4n) is 3.67. The molecule has 6 heteroatoms. The van der Waals surface area contributed by atoms with Gasteiger partial charge in [0, 0.05) is 37.0 Å². The Morgan fingerprint density at radius 1 is 1.19 bits per heavy atom. The Hall–Kier alpha value is -2.47. The van der Waals surface area contributed by atoms with Gasteiger partial charge >= 0.3 is 0 Å². The van der Waals surface area contributed by atoms with Crippen LogP contribution in [0.4, 0.5) is 4.39 Å². The standard InChI is InChI=1S/C20H23FN4O/c1-24-13-15(12-22-24)14-25-10-4-2-3-5-19(25)20-11-18(23-26-20)16-6-8-17(21)9-7-16/h6-9,11-13,19H,2-5,10,14H2,1H3. The van der Waals surface area contributed by atoms with Crippen LogP contribution >= 0.6 is 0 Å². The second kappa shape index (κ2) is 7.41. The second-order valence-electron chi connectivity index (χ2n) is 6.98. The highest BCUT2D eigenvalue weighted by molar-refractivity contribution is 5.58. The SMILES string of the molecule is Cn1cc(CN2CCCCCC2c2cc(-c3ccc(F)cc3)no2)cn1. The molecule has 1 aliphatic heterocycles. The molecule has 0 saturated carbocycles. The molecule has 1 atom stereocenters. The molecule has 0 radical (unpaired) electrons. The average Bonchev–Trinajstić information content (AvgIpc) is 3.21.